The molecule has 0 bridgehead atoms. The van der Waals surface area contributed by atoms with E-state index < -0.39 is 16.0 Å². The summed E-state index contributed by atoms with van der Waals surface area (Å²) in [6, 6.07) is 11.3. The zero-order valence-corrected chi connectivity index (χ0v) is 17.8. The number of esters is 1. The van der Waals surface area contributed by atoms with Crippen LogP contribution in [-0.4, -0.2) is 38.9 Å². The lowest BCUT2D eigenvalue weighted by atomic mass is 10.2. The quantitative estimate of drug-likeness (QED) is 0.631. The molecule has 6 nitrogen and oxygen atoms in total. The average molecular weight is 438 g/mol. The Kier molecular flexibility index (Phi) is 7.16. The van der Waals surface area contributed by atoms with Crippen LogP contribution >= 0.6 is 11.6 Å². The first-order valence-electron chi connectivity index (χ1n) is 9.51. The van der Waals surface area contributed by atoms with Crippen LogP contribution in [0.1, 0.15) is 41.6 Å². The largest absolute Gasteiger partial charge is 0.495 e. The van der Waals surface area contributed by atoms with Crippen molar-refractivity contribution in [1.82, 2.24) is 4.31 Å². The Morgan fingerprint density at radius 1 is 1.03 bits per heavy atom. The number of benzene rings is 2. The molecule has 1 saturated heterocycles. The van der Waals surface area contributed by atoms with E-state index >= 15 is 0 Å². The lowest BCUT2D eigenvalue weighted by Gasteiger charge is -2.21. The molecule has 1 fully saturated rings. The minimum Gasteiger partial charge on any atom is -0.495 e. The number of nitrogens with zero attached hydrogens (tertiary/aromatic N) is 1. The maximum Gasteiger partial charge on any atom is 0.338 e. The molecular weight excluding hydrogens is 414 g/mol. The van der Waals surface area contributed by atoms with Crippen molar-refractivity contribution in [3.05, 3.63) is 58.6 Å². The molecule has 0 N–H and O–H groups in total. The Morgan fingerprint density at radius 3 is 2.31 bits per heavy atom. The van der Waals surface area contributed by atoms with Crippen LogP contribution in [0.15, 0.2) is 47.4 Å². The number of carbonyl (C=O) groups excluding carboxylic acids is 1. The summed E-state index contributed by atoms with van der Waals surface area (Å²) in [4.78, 5) is 12.5. The molecule has 29 heavy (non-hydrogen) atoms. The van der Waals surface area contributed by atoms with Gasteiger partial charge in [0.25, 0.3) is 0 Å². The molecule has 8 heteroatoms. The van der Waals surface area contributed by atoms with Gasteiger partial charge in [-0.3, -0.25) is 0 Å². The minimum atomic E-state index is -3.77. The van der Waals surface area contributed by atoms with Gasteiger partial charge in [-0.2, -0.15) is 4.31 Å². The van der Waals surface area contributed by atoms with Crippen LogP contribution in [0.4, 0.5) is 0 Å². The molecule has 156 valence electrons. The molecule has 0 spiro atoms. The van der Waals surface area contributed by atoms with Gasteiger partial charge in [0.15, 0.2) is 0 Å². The molecule has 0 atom stereocenters. The number of rotatable bonds is 6. The van der Waals surface area contributed by atoms with Gasteiger partial charge >= 0.3 is 5.97 Å². The van der Waals surface area contributed by atoms with E-state index in [9.17, 15) is 13.2 Å². The molecular formula is C21H24ClNO5S. The Balaban J connectivity index is 1.82. The maximum atomic E-state index is 13.2. The Morgan fingerprint density at radius 2 is 1.69 bits per heavy atom. The van der Waals surface area contributed by atoms with E-state index in [2.05, 4.69) is 0 Å². The zero-order valence-electron chi connectivity index (χ0n) is 16.3. The van der Waals surface area contributed by atoms with Gasteiger partial charge in [-0.25, -0.2) is 13.2 Å². The number of halogens is 1. The maximum absolute atomic E-state index is 13.2. The summed E-state index contributed by atoms with van der Waals surface area (Å²) in [7, 11) is -2.36. The normalized spacial score (nSPS) is 15.5. The van der Waals surface area contributed by atoms with Crippen molar-refractivity contribution < 1.29 is 22.7 Å². The predicted octanol–water partition coefficient (Wildman–Crippen LogP) is 4.27. The van der Waals surface area contributed by atoms with E-state index in [1.807, 2.05) is 0 Å². The fourth-order valence-electron chi connectivity index (χ4n) is 3.24. The van der Waals surface area contributed by atoms with Crippen molar-refractivity contribution in [3.63, 3.8) is 0 Å². The third kappa shape index (κ3) is 5.29. The smallest absolute Gasteiger partial charge is 0.338 e. The zero-order chi connectivity index (χ0) is 20.9. The molecule has 1 heterocycles. The van der Waals surface area contributed by atoms with Crippen LogP contribution in [0.3, 0.4) is 0 Å². The minimum absolute atomic E-state index is 0.0113. The third-order valence-corrected chi connectivity index (χ3v) is 7.04. The van der Waals surface area contributed by atoms with Gasteiger partial charge in [0.05, 0.1) is 12.7 Å². The highest BCUT2D eigenvalue weighted by Gasteiger charge is 2.29. The number of methoxy groups -OCH3 is 1. The van der Waals surface area contributed by atoms with Crippen LogP contribution in [0, 0.1) is 0 Å². The highest BCUT2D eigenvalue weighted by molar-refractivity contribution is 7.89. The molecule has 1 aliphatic rings. The molecule has 1 aliphatic heterocycles. The van der Waals surface area contributed by atoms with Crippen molar-refractivity contribution in [2.75, 3.05) is 20.2 Å². The lowest BCUT2D eigenvalue weighted by molar-refractivity contribution is 0.0472. The monoisotopic (exact) mass is 437 g/mol. The van der Waals surface area contributed by atoms with Gasteiger partial charge in [0, 0.05) is 18.1 Å². The van der Waals surface area contributed by atoms with Gasteiger partial charge in [-0.05, 0) is 48.7 Å². The van der Waals surface area contributed by atoms with E-state index in [0.29, 0.717) is 18.1 Å². The Labute approximate surface area is 176 Å². The molecule has 2 aromatic rings. The molecule has 0 radical (unpaired) electrons. The van der Waals surface area contributed by atoms with E-state index in [0.717, 1.165) is 31.2 Å². The van der Waals surface area contributed by atoms with Crippen LogP contribution in [0.5, 0.6) is 5.75 Å². The third-order valence-electron chi connectivity index (χ3n) is 4.87. The molecule has 0 unspecified atom stereocenters. The highest BCUT2D eigenvalue weighted by Crippen LogP contribution is 2.29. The number of carbonyl (C=O) groups is 1. The summed E-state index contributed by atoms with van der Waals surface area (Å²) in [5.41, 5.74) is 0.946. The molecule has 0 aromatic heterocycles. The summed E-state index contributed by atoms with van der Waals surface area (Å²) in [5, 5.41) is 0.596. The van der Waals surface area contributed by atoms with Crippen molar-refractivity contribution >= 4 is 27.6 Å². The van der Waals surface area contributed by atoms with Crippen molar-refractivity contribution in [3.8, 4) is 5.75 Å². The SMILES string of the molecule is COc1ccc(C(=O)OCc2ccc(Cl)cc2)cc1S(=O)(=O)N1CCCCCC1. The van der Waals surface area contributed by atoms with Gasteiger partial charge in [0.2, 0.25) is 10.0 Å². The standard InChI is InChI=1S/C21H24ClNO5S/c1-27-19-11-8-17(21(24)28-15-16-6-9-18(22)10-7-16)14-20(19)29(25,26)23-12-4-2-3-5-13-23/h6-11,14H,2-5,12-13,15H2,1H3. The molecule has 2 aromatic carbocycles. The summed E-state index contributed by atoms with van der Waals surface area (Å²) in [5.74, 6) is -0.390. The number of sulfonamides is 1. The number of hydrogen-bond donors (Lipinski definition) is 0. The topological polar surface area (TPSA) is 72.9 Å². The molecule has 0 saturated carbocycles. The van der Waals surface area contributed by atoms with Crippen molar-refractivity contribution in [2.24, 2.45) is 0 Å². The fourth-order valence-corrected chi connectivity index (χ4v) is 5.06. The fraction of sp³-hybridized carbons (Fsp3) is 0.381. The lowest BCUT2D eigenvalue weighted by Crippen LogP contribution is -2.32. The first kappa shape index (κ1) is 21.6. The molecule has 0 aliphatic carbocycles. The first-order chi connectivity index (χ1) is 13.9. The van der Waals surface area contributed by atoms with Crippen LogP contribution < -0.4 is 4.74 Å². The summed E-state index contributed by atoms with van der Waals surface area (Å²) in [6.07, 6.45) is 3.68. The van der Waals surface area contributed by atoms with Gasteiger partial charge in [0.1, 0.15) is 17.3 Å². The average Bonchev–Trinajstić information content (AvgIpc) is 3.03. The molecule has 3 rings (SSSR count). The second-order valence-corrected chi connectivity index (χ2v) is 9.23. The van der Waals surface area contributed by atoms with Crippen LogP contribution in [0.2, 0.25) is 5.02 Å². The predicted molar refractivity (Wildman–Crippen MR) is 111 cm³/mol. The van der Waals surface area contributed by atoms with E-state index in [1.165, 1.54) is 29.6 Å². The Bertz CT molecular complexity index is 952. The first-order valence-corrected chi connectivity index (χ1v) is 11.3. The second kappa shape index (κ2) is 9.61. The van der Waals surface area contributed by atoms with E-state index in [1.54, 1.807) is 24.3 Å². The van der Waals surface area contributed by atoms with Crippen LogP contribution in [-0.2, 0) is 21.4 Å². The highest BCUT2D eigenvalue weighted by atomic mass is 35.5. The van der Waals surface area contributed by atoms with Crippen molar-refractivity contribution in [1.29, 1.82) is 0 Å². The number of hydrogen-bond acceptors (Lipinski definition) is 5. The van der Waals surface area contributed by atoms with Crippen LogP contribution in [0.25, 0.3) is 0 Å². The Hall–Kier alpha value is -2.09. The van der Waals surface area contributed by atoms with Gasteiger partial charge in [-0.15, -0.1) is 0 Å². The summed E-state index contributed by atoms with van der Waals surface area (Å²) < 4.78 is 38.4. The molecule has 0 amide bonds. The summed E-state index contributed by atoms with van der Waals surface area (Å²) >= 11 is 5.85. The van der Waals surface area contributed by atoms with Gasteiger partial charge in [-0.1, -0.05) is 36.6 Å². The van der Waals surface area contributed by atoms with Gasteiger partial charge < -0.3 is 9.47 Å². The number of ether oxygens (including phenoxy) is 2. The second-order valence-electron chi connectivity index (χ2n) is 6.89. The van der Waals surface area contributed by atoms with Crippen molar-refractivity contribution in [2.45, 2.75) is 37.2 Å². The van der Waals surface area contributed by atoms with E-state index in [4.69, 9.17) is 21.1 Å². The van der Waals surface area contributed by atoms with E-state index in [-0.39, 0.29) is 22.8 Å². The summed E-state index contributed by atoms with van der Waals surface area (Å²) in [6.45, 7) is 1.00.